The zero-order chi connectivity index (χ0) is 22.0. The Bertz CT molecular complexity index is 1270. The Labute approximate surface area is 179 Å². The number of aromatic nitrogens is 1. The molecule has 3 N–H and O–H groups in total. The van der Waals surface area contributed by atoms with Gasteiger partial charge < -0.3 is 15.8 Å². The van der Waals surface area contributed by atoms with Gasteiger partial charge in [-0.05, 0) is 34.4 Å². The number of hydrogen-bond acceptors (Lipinski definition) is 4. The fraction of sp³-hybridized carbons (Fsp3) is 0.120. The average molecular weight is 415 g/mol. The summed E-state index contributed by atoms with van der Waals surface area (Å²) in [6.07, 6.45) is -0.508. The number of amides is 1. The Balaban J connectivity index is 1.73. The van der Waals surface area contributed by atoms with Crippen LogP contribution >= 0.6 is 0 Å². The van der Waals surface area contributed by atoms with Gasteiger partial charge in [-0.15, -0.1) is 0 Å². The third-order valence-corrected chi connectivity index (χ3v) is 5.03. The van der Waals surface area contributed by atoms with E-state index < -0.39 is 11.9 Å². The summed E-state index contributed by atoms with van der Waals surface area (Å²) in [6, 6.07) is 23.2. The summed E-state index contributed by atoms with van der Waals surface area (Å²) >= 11 is 0. The molecule has 1 heterocycles. The van der Waals surface area contributed by atoms with Crippen molar-refractivity contribution in [1.82, 2.24) is 4.98 Å². The summed E-state index contributed by atoms with van der Waals surface area (Å²) in [4.78, 5) is 15.4. The number of nitrogens with two attached hydrogens (primary N) is 1. The molecule has 0 saturated heterocycles. The van der Waals surface area contributed by atoms with E-state index in [0.29, 0.717) is 0 Å². The van der Waals surface area contributed by atoms with Gasteiger partial charge in [0.1, 0.15) is 6.10 Å². The van der Waals surface area contributed by atoms with Crippen molar-refractivity contribution in [1.29, 1.82) is 0 Å². The molecule has 0 aliphatic carbocycles. The van der Waals surface area contributed by atoms with Gasteiger partial charge in [0.15, 0.2) is 11.6 Å². The summed E-state index contributed by atoms with van der Waals surface area (Å²) < 4.78 is 20.4. The molecule has 1 atom stereocenters. The quantitative estimate of drug-likeness (QED) is 0.437. The fourth-order valence-corrected chi connectivity index (χ4v) is 3.62. The van der Waals surface area contributed by atoms with Crippen molar-refractivity contribution in [3.8, 4) is 17.0 Å². The van der Waals surface area contributed by atoms with Crippen LogP contribution in [0.4, 0.5) is 15.9 Å². The van der Waals surface area contributed by atoms with E-state index in [4.69, 9.17) is 10.5 Å². The molecule has 0 bridgehead atoms. The van der Waals surface area contributed by atoms with Crippen molar-refractivity contribution in [2.75, 3.05) is 11.1 Å². The number of ether oxygens (including phenoxy) is 1. The molecule has 156 valence electrons. The largest absolute Gasteiger partial charge is 0.468 e. The predicted molar refractivity (Wildman–Crippen MR) is 121 cm³/mol. The van der Waals surface area contributed by atoms with Crippen LogP contribution in [0.1, 0.15) is 25.5 Å². The van der Waals surface area contributed by atoms with Crippen molar-refractivity contribution >= 4 is 28.2 Å². The van der Waals surface area contributed by atoms with Crippen LogP contribution in [-0.2, 0) is 4.79 Å². The van der Waals surface area contributed by atoms with Crippen LogP contribution in [0.5, 0.6) is 5.88 Å². The number of nitrogens with zero attached hydrogens (tertiary/aromatic N) is 1. The molecule has 3 aromatic carbocycles. The highest BCUT2D eigenvalue weighted by Gasteiger charge is 2.19. The summed E-state index contributed by atoms with van der Waals surface area (Å²) in [5, 5.41) is 4.74. The van der Waals surface area contributed by atoms with E-state index in [1.807, 2.05) is 49.4 Å². The molecule has 0 spiro atoms. The van der Waals surface area contributed by atoms with Gasteiger partial charge in [-0.2, -0.15) is 4.98 Å². The van der Waals surface area contributed by atoms with Gasteiger partial charge in [-0.1, -0.05) is 66.7 Å². The second-order valence-electron chi connectivity index (χ2n) is 7.27. The minimum Gasteiger partial charge on any atom is -0.468 e. The molecular weight excluding hydrogens is 393 g/mol. The fourth-order valence-electron chi connectivity index (χ4n) is 3.62. The van der Waals surface area contributed by atoms with Gasteiger partial charge in [0.05, 0.1) is 5.69 Å². The van der Waals surface area contributed by atoms with Gasteiger partial charge in [-0.3, -0.25) is 4.79 Å². The number of hydrogen-bond donors (Lipinski definition) is 2. The number of pyridine rings is 1. The summed E-state index contributed by atoms with van der Waals surface area (Å²) in [7, 11) is 0. The Morgan fingerprint density at radius 3 is 2.52 bits per heavy atom. The molecule has 0 fully saturated rings. The van der Waals surface area contributed by atoms with Gasteiger partial charge >= 0.3 is 0 Å². The molecule has 4 aromatic rings. The van der Waals surface area contributed by atoms with Gasteiger partial charge in [0, 0.05) is 13.0 Å². The van der Waals surface area contributed by atoms with E-state index in [2.05, 4.69) is 34.6 Å². The monoisotopic (exact) mass is 415 g/mol. The highest BCUT2D eigenvalue weighted by molar-refractivity contribution is 5.97. The SMILES string of the molecule is CC(=O)Nc1nc(OC(C)c2ccccc2-c2cccc3ccccc23)c(F)cc1N. The van der Waals surface area contributed by atoms with E-state index in [-0.39, 0.29) is 23.3 Å². The zero-order valence-electron chi connectivity index (χ0n) is 17.2. The standard InChI is InChI=1S/C25H22FN3O2/c1-15(31-25-22(26)14-23(27)24(29-25)28-16(2)30)18-10-5-6-12-20(18)21-13-7-9-17-8-3-4-11-19(17)21/h3-15H,27H2,1-2H3,(H,28,29,30). The van der Waals surface area contributed by atoms with Crippen LogP contribution in [0.3, 0.4) is 0 Å². The lowest BCUT2D eigenvalue weighted by Crippen LogP contribution is -2.13. The van der Waals surface area contributed by atoms with Crippen LogP contribution in [0.2, 0.25) is 0 Å². The lowest BCUT2D eigenvalue weighted by molar-refractivity contribution is -0.114. The van der Waals surface area contributed by atoms with Crippen molar-refractivity contribution in [2.45, 2.75) is 20.0 Å². The number of nitrogen functional groups attached to an aromatic ring is 1. The Kier molecular flexibility index (Phi) is 5.54. The van der Waals surface area contributed by atoms with Crippen LogP contribution in [0.15, 0.2) is 72.8 Å². The van der Waals surface area contributed by atoms with E-state index in [1.54, 1.807) is 0 Å². The number of rotatable bonds is 5. The molecular formula is C25H22FN3O2. The number of fused-ring (bicyclic) bond motifs is 1. The zero-order valence-corrected chi connectivity index (χ0v) is 17.2. The van der Waals surface area contributed by atoms with Gasteiger partial charge in [0.25, 0.3) is 5.88 Å². The van der Waals surface area contributed by atoms with E-state index >= 15 is 0 Å². The second kappa shape index (κ2) is 8.44. The first-order valence-electron chi connectivity index (χ1n) is 9.91. The molecule has 0 saturated carbocycles. The van der Waals surface area contributed by atoms with Crippen molar-refractivity contribution in [3.05, 3.63) is 84.2 Å². The second-order valence-corrected chi connectivity index (χ2v) is 7.27. The molecule has 1 amide bonds. The number of carbonyl (C=O) groups is 1. The molecule has 0 radical (unpaired) electrons. The summed E-state index contributed by atoms with van der Waals surface area (Å²) in [5.74, 6) is -1.20. The Morgan fingerprint density at radius 2 is 1.71 bits per heavy atom. The lowest BCUT2D eigenvalue weighted by atomic mass is 9.93. The maximum Gasteiger partial charge on any atom is 0.253 e. The summed E-state index contributed by atoms with van der Waals surface area (Å²) in [6.45, 7) is 3.16. The smallest absolute Gasteiger partial charge is 0.253 e. The lowest BCUT2D eigenvalue weighted by Gasteiger charge is -2.20. The van der Waals surface area contributed by atoms with Crippen molar-refractivity contribution < 1.29 is 13.9 Å². The number of halogens is 1. The Hall–Kier alpha value is -3.93. The van der Waals surface area contributed by atoms with Crippen LogP contribution in [0.25, 0.3) is 21.9 Å². The van der Waals surface area contributed by atoms with Gasteiger partial charge in [0.2, 0.25) is 5.91 Å². The van der Waals surface area contributed by atoms with E-state index in [1.165, 1.54) is 6.92 Å². The Morgan fingerprint density at radius 1 is 1.03 bits per heavy atom. The van der Waals surface area contributed by atoms with Crippen molar-refractivity contribution in [2.24, 2.45) is 0 Å². The van der Waals surface area contributed by atoms with Crippen LogP contribution < -0.4 is 15.8 Å². The average Bonchev–Trinajstić information content (AvgIpc) is 2.76. The van der Waals surface area contributed by atoms with Gasteiger partial charge in [-0.25, -0.2) is 4.39 Å². The molecule has 0 aliphatic heterocycles. The first-order valence-corrected chi connectivity index (χ1v) is 9.91. The minimum absolute atomic E-state index is 0.0314. The van der Waals surface area contributed by atoms with Crippen molar-refractivity contribution in [3.63, 3.8) is 0 Å². The number of benzene rings is 3. The highest BCUT2D eigenvalue weighted by atomic mass is 19.1. The molecule has 0 aliphatic rings. The molecule has 1 unspecified atom stereocenters. The normalized spacial score (nSPS) is 11.8. The number of nitrogens with one attached hydrogen (secondary N) is 1. The first kappa shape index (κ1) is 20.3. The maximum atomic E-state index is 14.5. The minimum atomic E-state index is -0.693. The van der Waals surface area contributed by atoms with E-state index in [0.717, 1.165) is 33.5 Å². The van der Waals surface area contributed by atoms with E-state index in [9.17, 15) is 9.18 Å². The highest BCUT2D eigenvalue weighted by Crippen LogP contribution is 2.35. The topological polar surface area (TPSA) is 77.2 Å². The summed E-state index contributed by atoms with van der Waals surface area (Å²) in [5.41, 5.74) is 8.73. The maximum absolute atomic E-state index is 14.5. The third-order valence-electron chi connectivity index (χ3n) is 5.03. The predicted octanol–water partition coefficient (Wildman–Crippen LogP) is 5.72. The number of carbonyl (C=O) groups excluding carboxylic acids is 1. The van der Waals surface area contributed by atoms with Crippen LogP contribution in [-0.4, -0.2) is 10.9 Å². The molecule has 6 heteroatoms. The molecule has 31 heavy (non-hydrogen) atoms. The molecule has 4 rings (SSSR count). The molecule has 5 nitrogen and oxygen atoms in total. The first-order chi connectivity index (χ1) is 14.9. The van der Waals surface area contributed by atoms with Crippen LogP contribution in [0, 0.1) is 5.82 Å². The third kappa shape index (κ3) is 4.19. The molecule has 1 aromatic heterocycles. The number of anilines is 2.